The molecule has 6 rings (SSSR count). The van der Waals surface area contributed by atoms with Crippen LogP contribution in [0.4, 0.5) is 0 Å². The van der Waals surface area contributed by atoms with Gasteiger partial charge in [-0.1, -0.05) is 42.5 Å². The quantitative estimate of drug-likeness (QED) is 0.183. The molecule has 1 unspecified atom stereocenters. The molecule has 8 heteroatoms. The largest absolute Gasteiger partial charge is 0.491 e. The lowest BCUT2D eigenvalue weighted by Crippen LogP contribution is -2.29. The number of fused-ring (bicyclic) bond motifs is 3. The van der Waals surface area contributed by atoms with Crippen LogP contribution in [0.25, 0.3) is 33.1 Å². The number of pyridine rings is 1. The summed E-state index contributed by atoms with van der Waals surface area (Å²) in [7, 11) is 0.804. The number of aryl methyl sites for hydroxylation is 1. The summed E-state index contributed by atoms with van der Waals surface area (Å²) in [5, 5.41) is 1.70. The van der Waals surface area contributed by atoms with Crippen LogP contribution >= 0.6 is 0 Å². The lowest BCUT2D eigenvalue weighted by atomic mass is 9.99. The summed E-state index contributed by atoms with van der Waals surface area (Å²) in [6.45, 7) is 4.47. The number of sulfone groups is 1. The number of rotatable bonds is 12. The number of aromatic amines is 1. The first-order chi connectivity index (χ1) is 20.3. The number of nitrogens with zero attached hydrogens (tertiary/aromatic N) is 2. The Bertz CT molecular complexity index is 1810. The van der Waals surface area contributed by atoms with E-state index in [0.29, 0.717) is 24.7 Å². The van der Waals surface area contributed by atoms with Crippen molar-refractivity contribution in [1.29, 1.82) is 0 Å². The van der Waals surface area contributed by atoms with Gasteiger partial charge >= 0.3 is 0 Å². The molecular formula is C34H37N3O4S. The van der Waals surface area contributed by atoms with Gasteiger partial charge in [0, 0.05) is 29.4 Å². The van der Waals surface area contributed by atoms with Crippen LogP contribution in [-0.4, -0.2) is 62.4 Å². The zero-order chi connectivity index (χ0) is 29.3. The Hall–Kier alpha value is -3.72. The van der Waals surface area contributed by atoms with Crippen molar-refractivity contribution in [3.63, 3.8) is 0 Å². The van der Waals surface area contributed by atoms with Crippen molar-refractivity contribution in [2.24, 2.45) is 5.92 Å². The van der Waals surface area contributed by atoms with Gasteiger partial charge in [0.25, 0.3) is 0 Å². The van der Waals surface area contributed by atoms with Gasteiger partial charge in [0.15, 0.2) is 9.84 Å². The standard InChI is InChI=1S/C34H37N3O4S/c1-23-16-30-32-29(26-10-7-11-28(17-26)42(38,39)27-12-13-27)14-15-31(33(32)36-34(30)35-18-23)41-22-25(19-37(2)3)21-40-20-24-8-5-4-6-9-24/h4-11,14-18,25,27H,12-13,19-22H2,1-3H3,(H,35,36). The molecule has 1 fully saturated rings. The van der Waals surface area contributed by atoms with E-state index in [4.69, 9.17) is 9.47 Å². The Balaban J connectivity index is 1.32. The lowest BCUT2D eigenvalue weighted by molar-refractivity contribution is 0.0576. The molecule has 0 radical (unpaired) electrons. The third kappa shape index (κ3) is 6.07. The van der Waals surface area contributed by atoms with Crippen LogP contribution in [-0.2, 0) is 21.2 Å². The Labute approximate surface area is 247 Å². The molecule has 0 bridgehead atoms. The summed E-state index contributed by atoms with van der Waals surface area (Å²) in [6.07, 6.45) is 3.32. The molecule has 0 spiro atoms. The maximum absolute atomic E-state index is 13.0. The molecule has 3 aromatic carbocycles. The van der Waals surface area contributed by atoms with Crippen molar-refractivity contribution in [3.8, 4) is 16.9 Å². The van der Waals surface area contributed by atoms with Gasteiger partial charge in [-0.25, -0.2) is 13.4 Å². The van der Waals surface area contributed by atoms with Crippen LogP contribution in [0.5, 0.6) is 5.75 Å². The van der Waals surface area contributed by atoms with Gasteiger partial charge in [0.2, 0.25) is 0 Å². The molecule has 1 N–H and O–H groups in total. The average molecular weight is 584 g/mol. The smallest absolute Gasteiger partial charge is 0.181 e. The molecule has 0 amide bonds. The minimum absolute atomic E-state index is 0.160. The summed E-state index contributed by atoms with van der Waals surface area (Å²) < 4.78 is 38.6. The fourth-order valence-electron chi connectivity index (χ4n) is 5.53. The van der Waals surface area contributed by atoms with Gasteiger partial charge < -0.3 is 19.4 Å². The molecular weight excluding hydrogens is 546 g/mol. The van der Waals surface area contributed by atoms with Crippen molar-refractivity contribution < 1.29 is 17.9 Å². The molecule has 1 aliphatic rings. The Morgan fingerprint density at radius 3 is 2.57 bits per heavy atom. The first-order valence-corrected chi connectivity index (χ1v) is 16.0. The number of aromatic nitrogens is 2. The van der Waals surface area contributed by atoms with Gasteiger partial charge in [0.1, 0.15) is 11.4 Å². The fourth-order valence-corrected chi connectivity index (χ4v) is 7.23. The topological polar surface area (TPSA) is 84.5 Å². The normalized spacial score (nSPS) is 14.6. The van der Waals surface area contributed by atoms with Crippen molar-refractivity contribution in [2.75, 3.05) is 33.9 Å². The van der Waals surface area contributed by atoms with Crippen molar-refractivity contribution in [3.05, 3.63) is 90.1 Å². The second-order valence-corrected chi connectivity index (χ2v) is 13.8. The molecule has 1 atom stereocenters. The predicted molar refractivity (Wildman–Crippen MR) is 168 cm³/mol. The first kappa shape index (κ1) is 28.4. The predicted octanol–water partition coefficient (Wildman–Crippen LogP) is 6.40. The molecule has 5 aromatic rings. The van der Waals surface area contributed by atoms with Crippen molar-refractivity contribution in [1.82, 2.24) is 14.9 Å². The fraction of sp³-hybridized carbons (Fsp3) is 0.324. The van der Waals surface area contributed by atoms with Crippen LogP contribution in [0.2, 0.25) is 0 Å². The van der Waals surface area contributed by atoms with E-state index in [1.807, 2.05) is 61.7 Å². The highest BCUT2D eigenvalue weighted by molar-refractivity contribution is 7.92. The maximum atomic E-state index is 13.0. The average Bonchev–Trinajstić information content (AvgIpc) is 3.78. The van der Waals surface area contributed by atoms with Crippen molar-refractivity contribution in [2.45, 2.75) is 36.5 Å². The van der Waals surface area contributed by atoms with E-state index in [9.17, 15) is 8.42 Å². The highest BCUT2D eigenvalue weighted by Gasteiger charge is 2.37. The van der Waals surface area contributed by atoms with E-state index in [-0.39, 0.29) is 11.2 Å². The number of ether oxygens (including phenoxy) is 2. The third-order valence-corrected chi connectivity index (χ3v) is 9.96. The molecule has 218 valence electrons. The number of benzene rings is 3. The Kier molecular flexibility index (Phi) is 8.03. The van der Waals surface area contributed by atoms with Gasteiger partial charge in [-0.05, 0) is 86.4 Å². The number of H-pyrrole nitrogens is 1. The van der Waals surface area contributed by atoms with E-state index in [1.165, 1.54) is 0 Å². The van der Waals surface area contributed by atoms with Gasteiger partial charge in [-0.2, -0.15) is 0 Å². The summed E-state index contributed by atoms with van der Waals surface area (Å²) in [6, 6.07) is 23.6. The third-order valence-electron chi connectivity index (χ3n) is 7.70. The molecule has 1 saturated carbocycles. The van der Waals surface area contributed by atoms with Crippen LogP contribution in [0, 0.1) is 12.8 Å². The summed E-state index contributed by atoms with van der Waals surface area (Å²) >= 11 is 0. The molecule has 1 aliphatic carbocycles. The SMILES string of the molecule is Cc1cnc2[nH]c3c(OCC(COCc4ccccc4)CN(C)C)ccc(-c4cccc(S(=O)(=O)C5CC5)c4)c3c2c1. The molecule has 0 aliphatic heterocycles. The summed E-state index contributed by atoms with van der Waals surface area (Å²) in [5.41, 5.74) is 5.62. The van der Waals surface area contributed by atoms with Gasteiger partial charge in [-0.15, -0.1) is 0 Å². The molecule has 7 nitrogen and oxygen atoms in total. The summed E-state index contributed by atoms with van der Waals surface area (Å²) in [4.78, 5) is 10.7. The number of hydrogen-bond acceptors (Lipinski definition) is 6. The molecule has 2 heterocycles. The van der Waals surface area contributed by atoms with E-state index in [0.717, 1.165) is 69.3 Å². The second-order valence-electron chi connectivity index (χ2n) is 11.6. The Morgan fingerprint density at radius 1 is 1.00 bits per heavy atom. The highest BCUT2D eigenvalue weighted by Crippen LogP contribution is 2.41. The van der Waals surface area contributed by atoms with Crippen LogP contribution < -0.4 is 4.74 Å². The van der Waals surface area contributed by atoms with Gasteiger partial charge in [-0.3, -0.25) is 0 Å². The Morgan fingerprint density at radius 2 is 1.81 bits per heavy atom. The molecule has 2 aromatic heterocycles. The van der Waals surface area contributed by atoms with E-state index < -0.39 is 9.84 Å². The second kappa shape index (κ2) is 11.9. The van der Waals surface area contributed by atoms with E-state index in [1.54, 1.807) is 6.07 Å². The number of nitrogens with one attached hydrogen (secondary N) is 1. The van der Waals surface area contributed by atoms with Crippen LogP contribution in [0.3, 0.4) is 0 Å². The maximum Gasteiger partial charge on any atom is 0.181 e. The monoisotopic (exact) mass is 583 g/mol. The minimum Gasteiger partial charge on any atom is -0.491 e. The lowest BCUT2D eigenvalue weighted by Gasteiger charge is -2.22. The highest BCUT2D eigenvalue weighted by atomic mass is 32.2. The van der Waals surface area contributed by atoms with Crippen LogP contribution in [0.15, 0.2) is 83.9 Å². The number of hydrogen-bond donors (Lipinski definition) is 1. The van der Waals surface area contributed by atoms with Crippen molar-refractivity contribution >= 4 is 31.8 Å². The molecule has 0 saturated heterocycles. The van der Waals surface area contributed by atoms with E-state index >= 15 is 0 Å². The summed E-state index contributed by atoms with van der Waals surface area (Å²) in [5.74, 6) is 0.894. The zero-order valence-electron chi connectivity index (χ0n) is 24.3. The minimum atomic E-state index is -3.31. The van der Waals surface area contributed by atoms with E-state index in [2.05, 4.69) is 47.2 Å². The molecule has 42 heavy (non-hydrogen) atoms. The first-order valence-electron chi connectivity index (χ1n) is 14.4. The van der Waals surface area contributed by atoms with Gasteiger partial charge in [0.05, 0.1) is 35.5 Å². The van der Waals surface area contributed by atoms with Crippen LogP contribution in [0.1, 0.15) is 24.0 Å². The zero-order valence-corrected chi connectivity index (χ0v) is 25.2.